The molecule has 1 saturated carbocycles. The Bertz CT molecular complexity index is 522. The Hall–Kier alpha value is -1.43. The Morgan fingerprint density at radius 2 is 2.10 bits per heavy atom. The second-order valence-electron chi connectivity index (χ2n) is 5.81. The van der Waals surface area contributed by atoms with Crippen LogP contribution in [0.25, 0.3) is 0 Å². The van der Waals surface area contributed by atoms with Gasteiger partial charge < -0.3 is 10.4 Å². The van der Waals surface area contributed by atoms with Crippen molar-refractivity contribution in [3.63, 3.8) is 0 Å². The number of nitrogens with zero attached hydrogens (tertiary/aromatic N) is 1. The van der Waals surface area contributed by atoms with Crippen LogP contribution >= 0.6 is 15.9 Å². The molecule has 0 saturated heterocycles. The van der Waals surface area contributed by atoms with Crippen molar-refractivity contribution in [2.24, 2.45) is 11.3 Å². The Kier molecular flexibility index (Phi) is 4.98. The highest BCUT2D eigenvalue weighted by molar-refractivity contribution is 9.10. The Morgan fingerprint density at radius 1 is 1.43 bits per heavy atom. The lowest BCUT2D eigenvalue weighted by Gasteiger charge is -2.35. The van der Waals surface area contributed by atoms with Crippen LogP contribution in [0, 0.1) is 11.3 Å². The monoisotopic (exact) mass is 354 g/mol. The van der Waals surface area contributed by atoms with Crippen LogP contribution in [0.15, 0.2) is 22.8 Å². The summed E-state index contributed by atoms with van der Waals surface area (Å²) in [5.41, 5.74) is -0.541. The molecule has 0 aromatic carbocycles. The fourth-order valence-electron chi connectivity index (χ4n) is 2.63. The summed E-state index contributed by atoms with van der Waals surface area (Å²) in [6.07, 6.45) is 4.54. The van der Waals surface area contributed by atoms with Gasteiger partial charge in [-0.05, 0) is 59.7 Å². The largest absolute Gasteiger partial charge is 0.481 e. The van der Waals surface area contributed by atoms with Crippen molar-refractivity contribution in [2.75, 3.05) is 6.54 Å². The third-order valence-electron chi connectivity index (χ3n) is 4.23. The molecular weight excluding hydrogens is 336 g/mol. The molecule has 1 heterocycles. The number of aliphatic carboxylic acids is 1. The van der Waals surface area contributed by atoms with Crippen LogP contribution in [-0.2, 0) is 4.79 Å². The van der Waals surface area contributed by atoms with Crippen molar-refractivity contribution in [3.05, 3.63) is 28.5 Å². The molecule has 21 heavy (non-hydrogen) atoms. The summed E-state index contributed by atoms with van der Waals surface area (Å²) in [5.74, 6) is -0.596. The molecule has 0 bridgehead atoms. The zero-order valence-corrected chi connectivity index (χ0v) is 13.5. The number of carboxylic acids is 1. The van der Waals surface area contributed by atoms with Gasteiger partial charge in [-0.3, -0.25) is 9.59 Å². The van der Waals surface area contributed by atoms with Crippen molar-refractivity contribution >= 4 is 27.8 Å². The predicted octanol–water partition coefficient (Wildman–Crippen LogP) is 2.86. The molecule has 1 aromatic rings. The lowest BCUT2D eigenvalue weighted by Crippen LogP contribution is -2.45. The van der Waals surface area contributed by atoms with E-state index in [2.05, 4.69) is 33.2 Å². The lowest BCUT2D eigenvalue weighted by atomic mass is 9.71. The van der Waals surface area contributed by atoms with Crippen LogP contribution in [0.3, 0.4) is 0 Å². The standard InChI is InChI=1S/C15H19BrN2O3/c1-10-4-6-15(7-5-10,14(20)21)9-18-13(19)12-3-2-11(16)8-17-12/h2-3,8,10H,4-7,9H2,1H3,(H,18,19)(H,20,21). The van der Waals surface area contributed by atoms with Crippen LogP contribution in [0.5, 0.6) is 0 Å². The highest BCUT2D eigenvalue weighted by Crippen LogP contribution is 2.38. The van der Waals surface area contributed by atoms with Crippen molar-refractivity contribution in [1.29, 1.82) is 0 Å². The number of rotatable bonds is 4. The lowest BCUT2D eigenvalue weighted by molar-refractivity contribution is -0.151. The van der Waals surface area contributed by atoms with E-state index in [0.717, 1.165) is 17.3 Å². The summed E-state index contributed by atoms with van der Waals surface area (Å²) in [4.78, 5) is 27.7. The fourth-order valence-corrected chi connectivity index (χ4v) is 2.87. The van der Waals surface area contributed by atoms with Gasteiger partial charge in [0.2, 0.25) is 0 Å². The summed E-state index contributed by atoms with van der Waals surface area (Å²) < 4.78 is 0.794. The summed E-state index contributed by atoms with van der Waals surface area (Å²) in [6, 6.07) is 3.34. The molecular formula is C15H19BrN2O3. The highest BCUT2D eigenvalue weighted by atomic mass is 79.9. The van der Waals surface area contributed by atoms with Crippen molar-refractivity contribution in [2.45, 2.75) is 32.6 Å². The highest BCUT2D eigenvalue weighted by Gasteiger charge is 2.41. The van der Waals surface area contributed by atoms with Gasteiger partial charge in [0.05, 0.1) is 5.41 Å². The molecule has 2 N–H and O–H groups in total. The number of carboxylic acid groups (broad SMARTS) is 1. The SMILES string of the molecule is CC1CCC(CNC(=O)c2ccc(Br)cn2)(C(=O)O)CC1. The van der Waals surface area contributed by atoms with Gasteiger partial charge in [0.25, 0.3) is 5.91 Å². The number of halogens is 1. The molecule has 5 nitrogen and oxygen atoms in total. The van der Waals surface area contributed by atoms with E-state index in [9.17, 15) is 14.7 Å². The van der Waals surface area contributed by atoms with E-state index >= 15 is 0 Å². The molecule has 0 aliphatic heterocycles. The zero-order valence-electron chi connectivity index (χ0n) is 11.9. The van der Waals surface area contributed by atoms with E-state index in [1.807, 2.05) is 0 Å². The van der Waals surface area contributed by atoms with Gasteiger partial charge in [0.15, 0.2) is 0 Å². The van der Waals surface area contributed by atoms with E-state index in [1.54, 1.807) is 18.3 Å². The summed E-state index contributed by atoms with van der Waals surface area (Å²) >= 11 is 3.26. The molecule has 1 aromatic heterocycles. The van der Waals surface area contributed by atoms with Gasteiger partial charge in [0, 0.05) is 17.2 Å². The van der Waals surface area contributed by atoms with Gasteiger partial charge in [0.1, 0.15) is 5.69 Å². The molecule has 1 aliphatic rings. The van der Waals surface area contributed by atoms with E-state index in [0.29, 0.717) is 24.5 Å². The molecule has 1 aliphatic carbocycles. The van der Waals surface area contributed by atoms with Crippen LogP contribution in [0.1, 0.15) is 43.1 Å². The molecule has 0 radical (unpaired) electrons. The van der Waals surface area contributed by atoms with Crippen LogP contribution in [0.2, 0.25) is 0 Å². The van der Waals surface area contributed by atoms with E-state index < -0.39 is 11.4 Å². The van der Waals surface area contributed by atoms with Gasteiger partial charge in [-0.1, -0.05) is 6.92 Å². The molecule has 0 spiro atoms. The number of carbonyl (C=O) groups is 2. The Morgan fingerprint density at radius 3 is 2.62 bits per heavy atom. The topological polar surface area (TPSA) is 79.3 Å². The number of hydrogen-bond donors (Lipinski definition) is 2. The number of pyridine rings is 1. The fraction of sp³-hybridized carbons (Fsp3) is 0.533. The molecule has 0 unspecified atom stereocenters. The van der Waals surface area contributed by atoms with Crippen LogP contribution in [-0.4, -0.2) is 28.5 Å². The molecule has 0 atom stereocenters. The first-order valence-corrected chi connectivity index (χ1v) is 7.85. The number of aromatic nitrogens is 1. The number of carbonyl (C=O) groups excluding carboxylic acids is 1. The molecule has 1 fully saturated rings. The minimum Gasteiger partial charge on any atom is -0.481 e. The van der Waals surface area contributed by atoms with Crippen molar-refractivity contribution < 1.29 is 14.7 Å². The summed E-state index contributed by atoms with van der Waals surface area (Å²) in [6.45, 7) is 2.29. The van der Waals surface area contributed by atoms with Crippen molar-refractivity contribution in [3.8, 4) is 0 Å². The van der Waals surface area contributed by atoms with Gasteiger partial charge in [-0.25, -0.2) is 4.98 Å². The molecule has 114 valence electrons. The molecule has 1 amide bonds. The smallest absolute Gasteiger partial charge is 0.311 e. The minimum atomic E-state index is -0.836. The maximum atomic E-state index is 12.0. The van der Waals surface area contributed by atoms with Crippen LogP contribution in [0.4, 0.5) is 0 Å². The first-order chi connectivity index (χ1) is 9.93. The third kappa shape index (κ3) is 3.81. The van der Waals surface area contributed by atoms with Gasteiger partial charge in [-0.15, -0.1) is 0 Å². The quantitative estimate of drug-likeness (QED) is 0.871. The number of amides is 1. The second kappa shape index (κ2) is 6.56. The summed E-state index contributed by atoms with van der Waals surface area (Å²) in [7, 11) is 0. The van der Waals surface area contributed by atoms with E-state index in [4.69, 9.17) is 0 Å². The average molecular weight is 355 g/mol. The number of hydrogen-bond acceptors (Lipinski definition) is 3. The number of nitrogens with one attached hydrogen (secondary N) is 1. The van der Waals surface area contributed by atoms with E-state index in [-0.39, 0.29) is 12.5 Å². The normalized spacial score (nSPS) is 25.3. The molecule has 6 heteroatoms. The van der Waals surface area contributed by atoms with Gasteiger partial charge in [-0.2, -0.15) is 0 Å². The Balaban J connectivity index is 2.00. The first kappa shape index (κ1) is 15.9. The van der Waals surface area contributed by atoms with Gasteiger partial charge >= 0.3 is 5.97 Å². The summed E-state index contributed by atoms with van der Waals surface area (Å²) in [5, 5.41) is 12.2. The Labute approximate surface area is 132 Å². The maximum absolute atomic E-state index is 12.0. The average Bonchev–Trinajstić information content (AvgIpc) is 2.47. The second-order valence-corrected chi connectivity index (χ2v) is 6.73. The zero-order chi connectivity index (χ0) is 15.5. The maximum Gasteiger partial charge on any atom is 0.311 e. The minimum absolute atomic E-state index is 0.158. The molecule has 2 rings (SSSR count). The first-order valence-electron chi connectivity index (χ1n) is 7.06. The predicted molar refractivity (Wildman–Crippen MR) is 82.0 cm³/mol. The third-order valence-corrected chi connectivity index (χ3v) is 4.70. The van der Waals surface area contributed by atoms with Crippen molar-refractivity contribution in [1.82, 2.24) is 10.3 Å². The van der Waals surface area contributed by atoms with Crippen LogP contribution < -0.4 is 5.32 Å². The van der Waals surface area contributed by atoms with E-state index in [1.165, 1.54) is 0 Å².